The highest BCUT2D eigenvalue weighted by atomic mass is 32.1. The van der Waals surface area contributed by atoms with Crippen molar-refractivity contribution in [2.75, 3.05) is 31.5 Å². The van der Waals surface area contributed by atoms with Crippen molar-refractivity contribution in [2.24, 2.45) is 0 Å². The van der Waals surface area contributed by atoms with E-state index < -0.39 is 0 Å². The fourth-order valence-electron chi connectivity index (χ4n) is 4.48. The van der Waals surface area contributed by atoms with Gasteiger partial charge in [0.1, 0.15) is 22.7 Å². The third kappa shape index (κ3) is 3.36. The van der Waals surface area contributed by atoms with Crippen LogP contribution in [0, 0.1) is 0 Å². The minimum absolute atomic E-state index is 0.858. The second-order valence-corrected chi connectivity index (χ2v) is 8.74. The van der Waals surface area contributed by atoms with Crippen molar-refractivity contribution in [1.29, 1.82) is 0 Å². The van der Waals surface area contributed by atoms with E-state index in [1.54, 1.807) is 23.9 Å². The monoisotopic (exact) mass is 421 g/mol. The Bertz CT molecular complexity index is 1160. The van der Waals surface area contributed by atoms with E-state index in [2.05, 4.69) is 29.0 Å². The van der Waals surface area contributed by atoms with Crippen molar-refractivity contribution in [3.8, 4) is 11.5 Å². The van der Waals surface area contributed by atoms with Crippen LogP contribution in [-0.4, -0.2) is 46.0 Å². The van der Waals surface area contributed by atoms with Gasteiger partial charge in [-0.25, -0.2) is 15.0 Å². The molecule has 0 aromatic carbocycles. The molecule has 0 spiro atoms. The van der Waals surface area contributed by atoms with Crippen molar-refractivity contribution in [1.82, 2.24) is 19.9 Å². The summed E-state index contributed by atoms with van der Waals surface area (Å²) in [4.78, 5) is 17.8. The first-order chi connectivity index (χ1) is 14.8. The maximum absolute atomic E-state index is 5.73. The number of pyridine rings is 1. The smallest absolute Gasteiger partial charge is 0.152 e. The van der Waals surface area contributed by atoms with Gasteiger partial charge in [-0.05, 0) is 62.0 Å². The maximum atomic E-state index is 5.73. The van der Waals surface area contributed by atoms with E-state index in [0.717, 1.165) is 71.3 Å². The van der Waals surface area contributed by atoms with E-state index in [1.807, 2.05) is 12.1 Å². The minimum atomic E-state index is 0.858. The van der Waals surface area contributed by atoms with E-state index in [0.29, 0.717) is 0 Å². The number of hydrogen-bond acceptors (Lipinski definition) is 7. The van der Waals surface area contributed by atoms with Gasteiger partial charge in [0.15, 0.2) is 5.76 Å². The van der Waals surface area contributed by atoms with Crippen LogP contribution >= 0.6 is 11.3 Å². The molecule has 0 unspecified atom stereocenters. The summed E-state index contributed by atoms with van der Waals surface area (Å²) in [6, 6.07) is 3.95. The molecule has 1 aliphatic rings. The summed E-state index contributed by atoms with van der Waals surface area (Å²) in [5.41, 5.74) is 4.76. The number of anilines is 1. The lowest BCUT2D eigenvalue weighted by Crippen LogP contribution is -2.28. The lowest BCUT2D eigenvalue weighted by molar-refractivity contribution is 0.316. The summed E-state index contributed by atoms with van der Waals surface area (Å²) in [7, 11) is 0. The van der Waals surface area contributed by atoms with Gasteiger partial charge in [0.05, 0.1) is 16.5 Å². The zero-order valence-corrected chi connectivity index (χ0v) is 18.4. The fourth-order valence-corrected chi connectivity index (χ4v) is 5.60. The molecular formula is C23H27N5OS. The maximum Gasteiger partial charge on any atom is 0.152 e. The van der Waals surface area contributed by atoms with Gasteiger partial charge < -0.3 is 14.6 Å². The Kier molecular flexibility index (Phi) is 5.39. The zero-order valence-electron chi connectivity index (χ0n) is 17.6. The molecule has 4 aromatic rings. The number of thiophene rings is 1. The Morgan fingerprint density at radius 1 is 1.13 bits per heavy atom. The van der Waals surface area contributed by atoms with Gasteiger partial charge in [0, 0.05) is 18.5 Å². The first kappa shape index (κ1) is 19.5. The number of nitrogens with zero attached hydrogens (tertiary/aromatic N) is 4. The van der Waals surface area contributed by atoms with Gasteiger partial charge in [-0.2, -0.15) is 0 Å². The lowest BCUT2D eigenvalue weighted by Gasteiger charge is -2.19. The molecule has 0 saturated carbocycles. The molecule has 1 aliphatic carbocycles. The van der Waals surface area contributed by atoms with E-state index in [9.17, 15) is 0 Å². The average molecular weight is 422 g/mol. The predicted octanol–water partition coefficient (Wildman–Crippen LogP) is 5.13. The third-order valence-electron chi connectivity index (χ3n) is 6.09. The largest absolute Gasteiger partial charge is 0.463 e. The van der Waals surface area contributed by atoms with Crippen LogP contribution < -0.4 is 5.32 Å². The Hall–Kier alpha value is -2.51. The highest BCUT2D eigenvalue weighted by Gasteiger charge is 2.24. The van der Waals surface area contributed by atoms with Crippen LogP contribution in [0.15, 0.2) is 29.1 Å². The fraction of sp³-hybridized carbons (Fsp3) is 0.435. The Labute approximate surface area is 180 Å². The van der Waals surface area contributed by atoms with Gasteiger partial charge in [-0.1, -0.05) is 13.8 Å². The quantitative estimate of drug-likeness (QED) is 0.446. The van der Waals surface area contributed by atoms with Crippen LogP contribution in [-0.2, 0) is 12.8 Å². The minimum Gasteiger partial charge on any atom is -0.463 e. The van der Waals surface area contributed by atoms with Crippen molar-refractivity contribution in [2.45, 2.75) is 39.5 Å². The molecule has 0 radical (unpaired) electrons. The zero-order chi connectivity index (χ0) is 20.5. The number of aromatic nitrogens is 3. The van der Waals surface area contributed by atoms with Gasteiger partial charge in [0.25, 0.3) is 0 Å². The number of aryl methyl sites for hydroxylation is 1. The number of rotatable bonds is 7. The highest BCUT2D eigenvalue weighted by molar-refractivity contribution is 7.26. The van der Waals surface area contributed by atoms with Crippen LogP contribution in [0.5, 0.6) is 0 Å². The molecule has 156 valence electrons. The van der Waals surface area contributed by atoms with E-state index in [1.165, 1.54) is 29.4 Å². The van der Waals surface area contributed by atoms with Crippen LogP contribution in [0.25, 0.3) is 31.9 Å². The van der Waals surface area contributed by atoms with Crippen molar-refractivity contribution in [3.63, 3.8) is 0 Å². The number of likely N-dealkylation sites (N-methyl/N-ethyl adjacent to an activating group) is 1. The molecule has 0 aliphatic heterocycles. The average Bonchev–Trinajstić information content (AvgIpc) is 3.44. The lowest BCUT2D eigenvalue weighted by atomic mass is 9.88. The summed E-state index contributed by atoms with van der Waals surface area (Å²) in [5.74, 6) is 1.77. The molecule has 4 aromatic heterocycles. The Morgan fingerprint density at radius 3 is 2.73 bits per heavy atom. The second kappa shape index (κ2) is 8.32. The first-order valence-corrected chi connectivity index (χ1v) is 11.7. The molecule has 1 N–H and O–H groups in total. The van der Waals surface area contributed by atoms with E-state index in [-0.39, 0.29) is 0 Å². The van der Waals surface area contributed by atoms with Crippen LogP contribution in [0.2, 0.25) is 0 Å². The van der Waals surface area contributed by atoms with Crippen LogP contribution in [0.3, 0.4) is 0 Å². The van der Waals surface area contributed by atoms with Crippen molar-refractivity contribution >= 4 is 37.6 Å². The Morgan fingerprint density at radius 2 is 1.97 bits per heavy atom. The van der Waals surface area contributed by atoms with E-state index in [4.69, 9.17) is 14.4 Å². The van der Waals surface area contributed by atoms with Crippen LogP contribution in [0.1, 0.15) is 37.8 Å². The summed E-state index contributed by atoms with van der Waals surface area (Å²) in [6.07, 6.45) is 7.94. The van der Waals surface area contributed by atoms with Crippen molar-refractivity contribution in [3.05, 3.63) is 35.9 Å². The summed E-state index contributed by atoms with van der Waals surface area (Å²) in [5, 5.41) is 4.76. The molecule has 7 heteroatoms. The molecule has 6 nitrogen and oxygen atoms in total. The summed E-state index contributed by atoms with van der Waals surface area (Å²) >= 11 is 1.69. The summed E-state index contributed by atoms with van der Waals surface area (Å²) < 4.78 is 6.83. The van der Waals surface area contributed by atoms with Crippen LogP contribution in [0.4, 0.5) is 5.82 Å². The molecule has 30 heavy (non-hydrogen) atoms. The topological polar surface area (TPSA) is 67.1 Å². The number of furan rings is 1. The van der Waals surface area contributed by atoms with E-state index >= 15 is 0 Å². The van der Waals surface area contributed by atoms with Gasteiger partial charge >= 0.3 is 0 Å². The van der Waals surface area contributed by atoms with Crippen molar-refractivity contribution < 1.29 is 4.42 Å². The molecule has 0 saturated heterocycles. The molecule has 0 atom stereocenters. The molecule has 5 rings (SSSR count). The molecule has 0 fully saturated rings. The number of fused-ring (bicyclic) bond motifs is 5. The predicted molar refractivity (Wildman–Crippen MR) is 123 cm³/mol. The molecule has 0 bridgehead atoms. The number of hydrogen-bond donors (Lipinski definition) is 1. The SMILES string of the molecule is CCN(CC)CCNc1ncnc2c1sc1nc(-c3ccco3)c3c(c12)CCCC3. The second-order valence-electron chi connectivity index (χ2n) is 7.74. The third-order valence-corrected chi connectivity index (χ3v) is 7.17. The molecule has 4 heterocycles. The van der Waals surface area contributed by atoms with Gasteiger partial charge in [-0.3, -0.25) is 0 Å². The molecular weight excluding hydrogens is 394 g/mol. The van der Waals surface area contributed by atoms with Gasteiger partial charge in [0.2, 0.25) is 0 Å². The number of nitrogens with one attached hydrogen (secondary N) is 1. The normalized spacial score (nSPS) is 14.0. The highest BCUT2D eigenvalue weighted by Crippen LogP contribution is 2.42. The summed E-state index contributed by atoms with van der Waals surface area (Å²) in [6.45, 7) is 8.39. The standard InChI is InChI=1S/C23H27N5OS/c1-3-28(4-2)12-11-24-22-21-20(25-14-26-22)18-15-8-5-6-9-16(15)19(27-23(18)30-21)17-10-7-13-29-17/h7,10,13-14H,3-6,8-9,11-12H2,1-2H3,(H,24,25,26). The molecule has 0 amide bonds. The van der Waals surface area contributed by atoms with Gasteiger partial charge in [-0.15, -0.1) is 11.3 Å². The first-order valence-electron chi connectivity index (χ1n) is 10.9. The Balaban J connectivity index is 1.61.